The number of aromatic nitrogens is 6. The van der Waals surface area contributed by atoms with E-state index in [-0.39, 0.29) is 35.5 Å². The van der Waals surface area contributed by atoms with Gasteiger partial charge in [-0.1, -0.05) is 11.6 Å². The van der Waals surface area contributed by atoms with Gasteiger partial charge in [0.2, 0.25) is 17.7 Å². The second-order valence-electron chi connectivity index (χ2n) is 16.0. The van der Waals surface area contributed by atoms with Gasteiger partial charge in [0.1, 0.15) is 22.1 Å². The Morgan fingerprint density at radius 1 is 0.967 bits per heavy atom. The Balaban J connectivity index is 0.718. The lowest BCUT2D eigenvalue weighted by Crippen LogP contribution is -2.44. The molecule has 16 nitrogen and oxygen atoms in total. The molecule has 60 heavy (non-hydrogen) atoms. The molecule has 0 aliphatic carbocycles. The minimum absolute atomic E-state index is 0.00127. The van der Waals surface area contributed by atoms with E-state index in [4.69, 9.17) is 16.3 Å². The number of likely N-dealkylation sites (tertiary alicyclic amines) is 1. The standard InChI is InChI=1S/C43H50ClN11O5/c1-26-34(25-53(2)52-26)39-50-37-38(35(44)23-48-40(37)51-39)60-32-6-4-28(5-7-32)41(57)46-14-3-15-47-42(58)29-12-16-54(17-13-29)24-27-10-18-55(19-11-27)31-20-30(21-45-22-31)33-8-9-36(56)49-43(33)59/h4-7,20-23,25,27,29,33H,3,8-19,24H2,1-2H3,(H,46,57)(H,47,58)(H,48,50,51)(H,49,56,59)/t33-/m0/s1. The molecule has 1 aromatic carbocycles. The molecule has 4 aromatic heterocycles. The van der Waals surface area contributed by atoms with E-state index in [1.54, 1.807) is 35.1 Å². The van der Waals surface area contributed by atoms with E-state index in [1.807, 2.05) is 26.4 Å². The van der Waals surface area contributed by atoms with Gasteiger partial charge in [0.05, 0.1) is 35.3 Å². The Morgan fingerprint density at radius 2 is 1.73 bits per heavy atom. The summed E-state index contributed by atoms with van der Waals surface area (Å²) in [5.74, 6) is 1.17. The van der Waals surface area contributed by atoms with Crippen molar-refractivity contribution in [1.29, 1.82) is 0 Å². The maximum Gasteiger partial charge on any atom is 0.251 e. The summed E-state index contributed by atoms with van der Waals surface area (Å²) in [7, 11) is 1.85. The lowest BCUT2D eigenvalue weighted by Gasteiger charge is -2.38. The highest BCUT2D eigenvalue weighted by Crippen LogP contribution is 2.36. The first-order chi connectivity index (χ1) is 29.1. The van der Waals surface area contributed by atoms with E-state index < -0.39 is 0 Å². The van der Waals surface area contributed by atoms with Crippen molar-refractivity contribution in [3.05, 3.63) is 77.0 Å². The van der Waals surface area contributed by atoms with Crippen LogP contribution < -0.4 is 25.6 Å². The molecule has 7 heterocycles. The summed E-state index contributed by atoms with van der Waals surface area (Å²) >= 11 is 6.49. The van der Waals surface area contributed by atoms with Crippen LogP contribution in [0.1, 0.15) is 72.5 Å². The molecule has 3 saturated heterocycles. The van der Waals surface area contributed by atoms with Crippen LogP contribution >= 0.6 is 11.6 Å². The van der Waals surface area contributed by atoms with Crippen LogP contribution in [-0.2, 0) is 21.4 Å². The van der Waals surface area contributed by atoms with Crippen LogP contribution in [0.4, 0.5) is 5.69 Å². The maximum absolute atomic E-state index is 13.0. The predicted octanol–water partition coefficient (Wildman–Crippen LogP) is 4.89. The number of ether oxygens (including phenoxy) is 1. The highest BCUT2D eigenvalue weighted by molar-refractivity contribution is 6.32. The average Bonchev–Trinajstić information content (AvgIpc) is 3.84. The summed E-state index contributed by atoms with van der Waals surface area (Å²) in [5, 5.41) is 13.2. The molecule has 4 N–H and O–H groups in total. The number of fused-ring (bicyclic) bond motifs is 1. The number of nitrogens with zero attached hydrogens (tertiary/aromatic N) is 7. The van der Waals surface area contributed by atoms with E-state index >= 15 is 0 Å². The monoisotopic (exact) mass is 835 g/mol. The van der Waals surface area contributed by atoms with E-state index in [0.29, 0.717) is 77.3 Å². The van der Waals surface area contributed by atoms with Gasteiger partial charge in [-0.05, 0) is 100 Å². The molecule has 3 aliphatic heterocycles. The van der Waals surface area contributed by atoms with Gasteiger partial charge in [0.25, 0.3) is 5.91 Å². The Bertz CT molecular complexity index is 2360. The number of nitrogens with one attached hydrogen (secondary N) is 4. The van der Waals surface area contributed by atoms with Crippen LogP contribution in [0.5, 0.6) is 11.5 Å². The predicted molar refractivity (Wildman–Crippen MR) is 226 cm³/mol. The Labute approximate surface area is 352 Å². The van der Waals surface area contributed by atoms with E-state index in [9.17, 15) is 19.2 Å². The van der Waals surface area contributed by atoms with Gasteiger partial charge >= 0.3 is 0 Å². The molecule has 0 unspecified atom stereocenters. The van der Waals surface area contributed by atoms with Crippen LogP contribution in [-0.4, -0.2) is 104 Å². The van der Waals surface area contributed by atoms with Gasteiger partial charge in [-0.3, -0.25) is 34.2 Å². The fourth-order valence-electron chi connectivity index (χ4n) is 8.45. The zero-order chi connectivity index (χ0) is 41.8. The van der Waals surface area contributed by atoms with E-state index in [0.717, 1.165) is 80.9 Å². The van der Waals surface area contributed by atoms with Crippen LogP contribution in [0.15, 0.2) is 55.1 Å². The Kier molecular flexibility index (Phi) is 12.4. The number of carbonyl (C=O) groups is 4. The van der Waals surface area contributed by atoms with Crippen LogP contribution in [0.3, 0.4) is 0 Å². The van der Waals surface area contributed by atoms with Crippen molar-refractivity contribution < 1.29 is 23.9 Å². The molecule has 0 saturated carbocycles. The quantitative estimate of drug-likeness (QED) is 0.0933. The third kappa shape index (κ3) is 9.44. The summed E-state index contributed by atoms with van der Waals surface area (Å²) in [5.41, 5.74) is 5.06. The van der Waals surface area contributed by atoms with Gasteiger partial charge in [0.15, 0.2) is 11.4 Å². The van der Waals surface area contributed by atoms with Crippen molar-refractivity contribution in [1.82, 2.24) is 50.6 Å². The van der Waals surface area contributed by atoms with Crippen molar-refractivity contribution in [2.75, 3.05) is 50.7 Å². The number of carbonyl (C=O) groups excluding carboxylic acids is 4. The van der Waals surface area contributed by atoms with Crippen LogP contribution in [0.25, 0.3) is 22.6 Å². The third-order valence-electron chi connectivity index (χ3n) is 11.8. The fraction of sp³-hybridized carbons (Fsp3) is 0.442. The molecule has 4 amide bonds. The third-order valence-corrected chi connectivity index (χ3v) is 12.1. The lowest BCUT2D eigenvalue weighted by atomic mass is 9.90. The molecule has 5 aromatic rings. The van der Waals surface area contributed by atoms with Gasteiger partial charge in [-0.2, -0.15) is 5.10 Å². The number of hydrogen-bond donors (Lipinski definition) is 4. The van der Waals surface area contributed by atoms with Gasteiger partial charge in [0, 0.05) is 70.1 Å². The minimum Gasteiger partial charge on any atom is -0.453 e. The smallest absolute Gasteiger partial charge is 0.251 e. The number of imide groups is 1. The number of hydrogen-bond acceptors (Lipinski definition) is 11. The van der Waals surface area contributed by atoms with Crippen molar-refractivity contribution in [2.45, 2.75) is 57.8 Å². The topological polar surface area (TPSA) is 192 Å². The molecular formula is C43H50ClN11O5. The van der Waals surface area contributed by atoms with Gasteiger partial charge < -0.3 is 30.2 Å². The molecule has 314 valence electrons. The number of H-pyrrole nitrogens is 1. The maximum atomic E-state index is 13.0. The first-order valence-corrected chi connectivity index (χ1v) is 21.1. The molecule has 8 rings (SSSR count). The minimum atomic E-state index is -0.334. The Morgan fingerprint density at radius 3 is 2.47 bits per heavy atom. The molecule has 17 heteroatoms. The number of piperidine rings is 3. The number of benzene rings is 1. The van der Waals surface area contributed by atoms with Crippen molar-refractivity contribution in [3.63, 3.8) is 0 Å². The molecule has 0 spiro atoms. The van der Waals surface area contributed by atoms with Gasteiger partial charge in [-0.25, -0.2) is 9.97 Å². The SMILES string of the molecule is Cc1nn(C)cc1-c1nc2ncc(Cl)c(Oc3ccc(C(=O)NCCCNC(=O)C4CCN(CC5CCN(c6cncc([C@@H]7CCC(=O)NC7=O)c6)CC5)CC4)cc3)c2[nH]1. The van der Waals surface area contributed by atoms with Gasteiger partial charge in [-0.15, -0.1) is 0 Å². The number of imidazole rings is 1. The normalized spacial score (nSPS) is 18.1. The largest absolute Gasteiger partial charge is 0.453 e. The Hall–Kier alpha value is -5.87. The first-order valence-electron chi connectivity index (χ1n) is 20.7. The number of aromatic amines is 1. The van der Waals surface area contributed by atoms with Crippen LogP contribution in [0.2, 0.25) is 5.02 Å². The number of rotatable bonds is 13. The zero-order valence-electron chi connectivity index (χ0n) is 33.9. The second-order valence-corrected chi connectivity index (χ2v) is 16.4. The number of amides is 4. The molecule has 0 bridgehead atoms. The molecule has 3 fully saturated rings. The number of anilines is 1. The van der Waals surface area contributed by atoms with Crippen molar-refractivity contribution in [2.24, 2.45) is 18.9 Å². The average molecular weight is 836 g/mol. The molecular weight excluding hydrogens is 786 g/mol. The van der Waals surface area contributed by atoms with Crippen molar-refractivity contribution >= 4 is 52.1 Å². The molecule has 3 aliphatic rings. The highest BCUT2D eigenvalue weighted by Gasteiger charge is 2.30. The lowest BCUT2D eigenvalue weighted by molar-refractivity contribution is -0.134. The number of aryl methyl sites for hydroxylation is 2. The van der Waals surface area contributed by atoms with Crippen LogP contribution in [0, 0.1) is 18.8 Å². The van der Waals surface area contributed by atoms with E-state index in [1.165, 1.54) is 6.20 Å². The molecule has 1 atom stereocenters. The summed E-state index contributed by atoms with van der Waals surface area (Å²) in [6, 6.07) is 8.85. The fourth-order valence-corrected chi connectivity index (χ4v) is 8.63. The number of pyridine rings is 2. The summed E-state index contributed by atoms with van der Waals surface area (Å²) < 4.78 is 7.87. The zero-order valence-corrected chi connectivity index (χ0v) is 34.6. The summed E-state index contributed by atoms with van der Waals surface area (Å²) in [4.78, 5) is 71.3. The number of halogens is 1. The highest BCUT2D eigenvalue weighted by atomic mass is 35.5. The molecule has 0 radical (unpaired) electrons. The summed E-state index contributed by atoms with van der Waals surface area (Å²) in [6.45, 7) is 7.54. The second kappa shape index (κ2) is 18.2. The first kappa shape index (κ1) is 40.9. The van der Waals surface area contributed by atoms with Crippen molar-refractivity contribution in [3.8, 4) is 22.9 Å². The van der Waals surface area contributed by atoms with E-state index in [2.05, 4.69) is 56.9 Å². The summed E-state index contributed by atoms with van der Waals surface area (Å²) in [6.07, 6.45) is 12.3.